The van der Waals surface area contributed by atoms with Crippen LogP contribution in [0, 0.1) is 22.7 Å². The van der Waals surface area contributed by atoms with Gasteiger partial charge in [0.15, 0.2) is 6.23 Å². The lowest BCUT2D eigenvalue weighted by molar-refractivity contribution is -0.175. The Morgan fingerprint density at radius 2 is 1.40 bits per heavy atom. The van der Waals surface area contributed by atoms with Crippen LogP contribution < -0.4 is 26.0 Å². The largest absolute Gasteiger partial charge is 0.497 e. The first-order chi connectivity index (χ1) is 27.4. The Balaban J connectivity index is 1.67. The van der Waals surface area contributed by atoms with Crippen LogP contribution in [0.15, 0.2) is 101 Å². The highest BCUT2D eigenvalue weighted by molar-refractivity contribution is 7.41. The number of rotatable bonds is 18. The van der Waals surface area contributed by atoms with Crippen molar-refractivity contribution in [1.82, 2.24) is 14.9 Å². The lowest BCUT2D eigenvalue weighted by atomic mass is 9.80. The van der Waals surface area contributed by atoms with Crippen LogP contribution in [0.5, 0.6) is 11.5 Å². The van der Waals surface area contributed by atoms with E-state index in [4.69, 9.17) is 43.0 Å². The minimum atomic E-state index is -5.39. The van der Waals surface area contributed by atoms with E-state index in [2.05, 4.69) is 0 Å². The third-order valence-electron chi connectivity index (χ3n) is 8.69. The predicted octanol–water partition coefficient (Wildman–Crippen LogP) is 4.98. The molecule has 1 saturated heterocycles. The second-order valence-electron chi connectivity index (χ2n) is 12.2. The number of nitrogens with one attached hydrogen (secondary N) is 2. The number of nitrogens with zero attached hydrogens (tertiary/aromatic N) is 3. The van der Waals surface area contributed by atoms with E-state index in [1.54, 1.807) is 60.7 Å². The molecule has 5 rings (SSSR count). The molecule has 2 heterocycles. The van der Waals surface area contributed by atoms with E-state index in [-0.39, 0.29) is 26.1 Å². The van der Waals surface area contributed by atoms with Gasteiger partial charge in [-0.2, -0.15) is 23.7 Å². The van der Waals surface area contributed by atoms with Gasteiger partial charge < -0.3 is 37.8 Å². The summed E-state index contributed by atoms with van der Waals surface area (Å²) in [5.74, 6) is -1.30. The average molecular weight is 812 g/mol. The number of aromatic amines is 1. The number of halogens is 3. The average Bonchev–Trinajstić information content (AvgIpc) is 3.54. The van der Waals surface area contributed by atoms with Gasteiger partial charge in [0.2, 0.25) is 0 Å². The van der Waals surface area contributed by atoms with Gasteiger partial charge in [0.05, 0.1) is 59.0 Å². The Hall–Kier alpha value is -5.59. The fraction of sp³-hybridized carbons (Fsp3) is 0.342. The van der Waals surface area contributed by atoms with Crippen LogP contribution in [-0.2, 0) is 33.4 Å². The first-order valence-corrected chi connectivity index (χ1v) is 18.3. The second kappa shape index (κ2) is 19.5. The van der Waals surface area contributed by atoms with E-state index >= 15 is 0 Å². The zero-order valence-corrected chi connectivity index (χ0v) is 31.4. The summed E-state index contributed by atoms with van der Waals surface area (Å²) < 4.78 is 84.0. The quantitative estimate of drug-likeness (QED) is 0.0779. The molecule has 3 aromatic carbocycles. The van der Waals surface area contributed by atoms with Gasteiger partial charge in [0, 0.05) is 12.3 Å². The number of aromatic nitrogens is 2. The molecule has 0 aliphatic carbocycles. The molecule has 4 aromatic rings. The van der Waals surface area contributed by atoms with E-state index in [1.807, 2.05) is 40.6 Å². The minimum Gasteiger partial charge on any atom is -0.497 e. The molecule has 0 saturated carbocycles. The van der Waals surface area contributed by atoms with Crippen LogP contribution in [0.3, 0.4) is 0 Å². The molecule has 4 atom stereocenters. The van der Waals surface area contributed by atoms with Crippen molar-refractivity contribution in [3.8, 4) is 23.6 Å². The van der Waals surface area contributed by atoms with Crippen LogP contribution in [-0.4, -0.2) is 73.9 Å². The molecule has 0 unspecified atom stereocenters. The van der Waals surface area contributed by atoms with Crippen LogP contribution in [0.2, 0.25) is 0 Å². The zero-order chi connectivity index (χ0) is 41.0. The summed E-state index contributed by atoms with van der Waals surface area (Å²) >= 11 is 0. The van der Waals surface area contributed by atoms with E-state index in [1.165, 1.54) is 14.2 Å². The molecule has 1 fully saturated rings. The second-order valence-corrected chi connectivity index (χ2v) is 13.3. The van der Waals surface area contributed by atoms with Crippen molar-refractivity contribution < 1.29 is 50.5 Å². The maximum absolute atomic E-state index is 13.9. The minimum absolute atomic E-state index is 0.121. The van der Waals surface area contributed by atoms with Gasteiger partial charge >= 0.3 is 26.4 Å². The van der Waals surface area contributed by atoms with Crippen LogP contribution in [0.1, 0.15) is 35.8 Å². The third-order valence-corrected chi connectivity index (χ3v) is 9.89. The summed E-state index contributed by atoms with van der Waals surface area (Å²) in [5, 5.41) is 20.1. The molecule has 15 nitrogen and oxygen atoms in total. The lowest BCUT2D eigenvalue weighted by Crippen LogP contribution is -2.52. The molecule has 1 aliphatic rings. The van der Waals surface area contributed by atoms with Crippen LogP contribution >= 0.6 is 8.60 Å². The number of hydrogen-bond acceptors (Lipinski definition) is 12. The summed E-state index contributed by atoms with van der Waals surface area (Å²) in [7, 11) is 0.497. The van der Waals surface area contributed by atoms with Gasteiger partial charge in [-0.05, 0) is 41.0 Å². The monoisotopic (exact) mass is 811 g/mol. The van der Waals surface area contributed by atoms with Crippen LogP contribution in [0.25, 0.3) is 0 Å². The van der Waals surface area contributed by atoms with Crippen molar-refractivity contribution in [2.75, 3.05) is 34.0 Å². The Morgan fingerprint density at radius 3 is 1.89 bits per heavy atom. The molecule has 19 heteroatoms. The first kappa shape index (κ1) is 42.6. The van der Waals surface area contributed by atoms with Gasteiger partial charge in [0.1, 0.15) is 35.3 Å². The highest BCUT2D eigenvalue weighted by Crippen LogP contribution is 2.47. The summed E-state index contributed by atoms with van der Waals surface area (Å²) in [5.41, 5.74) is -1.53. The molecule has 300 valence electrons. The van der Waals surface area contributed by atoms with Gasteiger partial charge in [0.25, 0.3) is 5.56 Å². The van der Waals surface area contributed by atoms with Crippen LogP contribution in [0.4, 0.5) is 13.2 Å². The highest BCUT2D eigenvalue weighted by Gasteiger charge is 2.53. The summed E-state index contributed by atoms with van der Waals surface area (Å²) in [6.45, 7) is -0.930. The maximum atomic E-state index is 13.9. The lowest BCUT2D eigenvalue weighted by Gasteiger charge is -2.37. The Bertz CT molecular complexity index is 2070. The summed E-state index contributed by atoms with van der Waals surface area (Å²) in [4.78, 5) is 39.8. The van der Waals surface area contributed by atoms with Crippen molar-refractivity contribution in [2.45, 2.75) is 49.1 Å². The molecule has 2 N–H and O–H groups in total. The molecule has 57 heavy (non-hydrogen) atoms. The van der Waals surface area contributed by atoms with Gasteiger partial charge in [-0.15, -0.1) is 0 Å². The van der Waals surface area contributed by atoms with E-state index in [9.17, 15) is 27.6 Å². The van der Waals surface area contributed by atoms with E-state index in [0.29, 0.717) is 28.2 Å². The number of carbonyl (C=O) groups excluding carboxylic acids is 1. The van der Waals surface area contributed by atoms with Crippen molar-refractivity contribution in [3.63, 3.8) is 0 Å². The Labute approximate surface area is 325 Å². The normalized spacial score (nSPS) is 18.1. The Morgan fingerprint density at radius 1 is 0.860 bits per heavy atom. The number of amides is 1. The number of alkyl halides is 3. The van der Waals surface area contributed by atoms with Gasteiger partial charge in [-0.1, -0.05) is 54.6 Å². The smallest absolute Gasteiger partial charge is 0.471 e. The first-order valence-electron chi connectivity index (χ1n) is 17.2. The number of hydrogen-bond donors (Lipinski definition) is 2. The number of H-pyrrole nitrogens is 1. The van der Waals surface area contributed by atoms with Crippen molar-refractivity contribution in [2.24, 2.45) is 0 Å². The molecule has 1 aliphatic heterocycles. The number of methoxy groups -OCH3 is 2. The molecule has 1 amide bonds. The fourth-order valence-corrected chi connectivity index (χ4v) is 7.21. The zero-order valence-electron chi connectivity index (χ0n) is 30.5. The topological polar surface area (TPSA) is 196 Å². The standard InChI is InChI=1S/C38H37F3N5O10P/c1-50-28-14-10-26(11-15-28)37(25-8-4-3-5-9-25,27-12-16-29(51-2)17-13-27)52-24-30-33(56-57(53-22-6-19-42)54-23-7-20-43)32(45-35(48)38(39,40)41)34(55-30)46-21-18-31(47)44-36(46)49/h3-5,8-18,21,30,32-34H,6-7,22-24H2,1-2H3,(H,45,48)(H,44,47,49)/t30-,32-,33-,34-/m1/s1. The molecular weight excluding hydrogens is 774 g/mol. The molecule has 1 aromatic heterocycles. The fourth-order valence-electron chi connectivity index (χ4n) is 6.07. The predicted molar refractivity (Wildman–Crippen MR) is 196 cm³/mol. The molecular formula is C38H37F3N5O10P. The highest BCUT2D eigenvalue weighted by atomic mass is 31.2. The molecule has 0 radical (unpaired) electrons. The van der Waals surface area contributed by atoms with E-state index < -0.39 is 68.6 Å². The third kappa shape index (κ3) is 10.2. The summed E-state index contributed by atoms with van der Waals surface area (Å²) in [6, 6.07) is 26.0. The van der Waals surface area contributed by atoms with Gasteiger partial charge in [-0.25, -0.2) is 4.79 Å². The maximum Gasteiger partial charge on any atom is 0.471 e. The Kier molecular flexibility index (Phi) is 14.6. The summed E-state index contributed by atoms with van der Waals surface area (Å²) in [6.07, 6.45) is -9.37. The van der Waals surface area contributed by atoms with Crippen molar-refractivity contribution >= 4 is 14.5 Å². The van der Waals surface area contributed by atoms with E-state index in [0.717, 1.165) is 16.8 Å². The molecule has 0 bridgehead atoms. The number of ether oxygens (including phenoxy) is 4. The van der Waals surface area contributed by atoms with Crippen molar-refractivity contribution in [3.05, 3.63) is 129 Å². The SMILES string of the molecule is COc1ccc(C(OC[C@H]2O[C@@H](n3ccc(=O)[nH]c3=O)[C@H](NC(=O)C(F)(F)F)[C@@H]2OP(OCCC#N)OCCC#N)(c2ccccc2)c2ccc(OC)cc2)cc1. The molecule has 0 spiro atoms. The van der Waals surface area contributed by atoms with Gasteiger partial charge in [-0.3, -0.25) is 19.1 Å². The van der Waals surface area contributed by atoms with Crippen molar-refractivity contribution in [1.29, 1.82) is 10.5 Å². The number of carbonyl (C=O) groups is 1. The number of benzene rings is 3. The number of nitriles is 2.